The van der Waals surface area contributed by atoms with E-state index in [-0.39, 0.29) is 11.7 Å². The predicted octanol–water partition coefficient (Wildman–Crippen LogP) is 3.78. The first-order valence-corrected chi connectivity index (χ1v) is 6.25. The summed E-state index contributed by atoms with van der Waals surface area (Å²) in [5, 5.41) is 14.0. The first-order chi connectivity index (χ1) is 9.61. The number of methoxy groups -OCH3 is 1. The van der Waals surface area contributed by atoms with Crippen LogP contribution in [0.15, 0.2) is 48.5 Å². The van der Waals surface area contributed by atoms with Crippen LogP contribution in [-0.4, -0.2) is 12.0 Å². The third kappa shape index (κ3) is 3.06. The van der Waals surface area contributed by atoms with Crippen molar-refractivity contribution in [3.63, 3.8) is 0 Å². The Balaban J connectivity index is 2.21. The van der Waals surface area contributed by atoms with Crippen LogP contribution in [0, 0.1) is 10.1 Å². The third-order valence-electron chi connectivity index (χ3n) is 3.05. The number of hydrogen-bond donors (Lipinski definition) is 1. The number of nitro benzene ring substituents is 1. The van der Waals surface area contributed by atoms with Gasteiger partial charge in [-0.2, -0.15) is 0 Å². The van der Waals surface area contributed by atoms with Gasteiger partial charge in [-0.05, 0) is 19.1 Å². The number of hydrogen-bond acceptors (Lipinski definition) is 4. The molecule has 5 nitrogen and oxygen atoms in total. The molecular formula is C15H16N2O3. The summed E-state index contributed by atoms with van der Waals surface area (Å²) >= 11 is 0. The van der Waals surface area contributed by atoms with Crippen LogP contribution in [0.1, 0.15) is 18.5 Å². The first kappa shape index (κ1) is 13.9. The molecule has 1 atom stereocenters. The molecule has 0 saturated heterocycles. The van der Waals surface area contributed by atoms with Gasteiger partial charge < -0.3 is 10.1 Å². The van der Waals surface area contributed by atoms with E-state index >= 15 is 0 Å². The zero-order valence-electron chi connectivity index (χ0n) is 11.4. The Morgan fingerprint density at radius 3 is 2.65 bits per heavy atom. The number of nitro groups is 1. The van der Waals surface area contributed by atoms with Gasteiger partial charge in [0.25, 0.3) is 5.69 Å². The molecule has 0 aromatic heterocycles. The van der Waals surface area contributed by atoms with Gasteiger partial charge in [-0.25, -0.2) is 0 Å². The molecule has 0 heterocycles. The summed E-state index contributed by atoms with van der Waals surface area (Å²) in [6.07, 6.45) is 0. The lowest BCUT2D eigenvalue weighted by Crippen LogP contribution is -2.08. The lowest BCUT2D eigenvalue weighted by atomic mass is 10.1. The minimum Gasteiger partial charge on any atom is -0.496 e. The summed E-state index contributed by atoms with van der Waals surface area (Å²) in [7, 11) is 1.62. The number of benzene rings is 2. The molecule has 0 bridgehead atoms. The van der Waals surface area contributed by atoms with Gasteiger partial charge in [0, 0.05) is 23.4 Å². The van der Waals surface area contributed by atoms with Crippen LogP contribution in [0.5, 0.6) is 5.75 Å². The molecule has 2 aromatic carbocycles. The number of non-ortho nitro benzene ring substituents is 1. The molecule has 0 aliphatic heterocycles. The van der Waals surface area contributed by atoms with Gasteiger partial charge in [0.15, 0.2) is 0 Å². The zero-order valence-corrected chi connectivity index (χ0v) is 11.4. The fraction of sp³-hybridized carbons (Fsp3) is 0.200. The monoisotopic (exact) mass is 272 g/mol. The SMILES string of the molecule is COc1ccccc1C(C)Nc1cccc([N+](=O)[O-])c1. The molecule has 1 unspecified atom stereocenters. The second kappa shape index (κ2) is 6.06. The van der Waals surface area contributed by atoms with Crippen molar-refractivity contribution in [2.45, 2.75) is 13.0 Å². The summed E-state index contributed by atoms with van der Waals surface area (Å²) in [5.41, 5.74) is 1.78. The van der Waals surface area contributed by atoms with Crippen LogP contribution >= 0.6 is 0 Å². The normalized spacial score (nSPS) is 11.7. The van der Waals surface area contributed by atoms with E-state index in [0.717, 1.165) is 11.3 Å². The van der Waals surface area contributed by atoms with Crippen molar-refractivity contribution >= 4 is 11.4 Å². The van der Waals surface area contributed by atoms with E-state index in [9.17, 15) is 10.1 Å². The Hall–Kier alpha value is -2.56. The fourth-order valence-electron chi connectivity index (χ4n) is 2.06. The Bertz CT molecular complexity index is 614. The van der Waals surface area contributed by atoms with Crippen molar-refractivity contribution in [3.05, 3.63) is 64.2 Å². The summed E-state index contributed by atoms with van der Waals surface area (Å²) in [5.74, 6) is 0.790. The van der Waals surface area contributed by atoms with Gasteiger partial charge in [-0.3, -0.25) is 10.1 Å². The Morgan fingerprint density at radius 2 is 1.95 bits per heavy atom. The van der Waals surface area contributed by atoms with Crippen molar-refractivity contribution in [1.29, 1.82) is 0 Å². The summed E-state index contributed by atoms with van der Waals surface area (Å²) in [6.45, 7) is 1.98. The van der Waals surface area contributed by atoms with Gasteiger partial charge in [0.05, 0.1) is 18.1 Å². The Kier molecular flexibility index (Phi) is 4.20. The van der Waals surface area contributed by atoms with Gasteiger partial charge in [0.2, 0.25) is 0 Å². The number of rotatable bonds is 5. The largest absolute Gasteiger partial charge is 0.496 e. The van der Waals surface area contributed by atoms with Crippen molar-refractivity contribution < 1.29 is 9.66 Å². The van der Waals surface area contributed by atoms with Crippen LogP contribution in [-0.2, 0) is 0 Å². The van der Waals surface area contributed by atoms with E-state index in [1.807, 2.05) is 31.2 Å². The second-order valence-corrected chi connectivity index (χ2v) is 4.42. The number of nitrogens with zero attached hydrogens (tertiary/aromatic N) is 1. The van der Waals surface area contributed by atoms with E-state index in [1.54, 1.807) is 19.2 Å². The van der Waals surface area contributed by atoms with Crippen LogP contribution in [0.3, 0.4) is 0 Å². The minimum absolute atomic E-state index is 0.0202. The van der Waals surface area contributed by atoms with Gasteiger partial charge >= 0.3 is 0 Å². The third-order valence-corrected chi connectivity index (χ3v) is 3.05. The smallest absolute Gasteiger partial charge is 0.271 e. The molecule has 0 radical (unpaired) electrons. The molecule has 0 aliphatic rings. The van der Waals surface area contributed by atoms with Crippen LogP contribution in [0.25, 0.3) is 0 Å². The molecule has 20 heavy (non-hydrogen) atoms. The highest BCUT2D eigenvalue weighted by Crippen LogP contribution is 2.28. The highest BCUT2D eigenvalue weighted by Gasteiger charge is 2.12. The molecule has 0 aliphatic carbocycles. The second-order valence-electron chi connectivity index (χ2n) is 4.42. The highest BCUT2D eigenvalue weighted by molar-refractivity contribution is 5.53. The number of para-hydroxylation sites is 1. The molecular weight excluding hydrogens is 256 g/mol. The average molecular weight is 272 g/mol. The van der Waals surface area contributed by atoms with Gasteiger partial charge in [-0.15, -0.1) is 0 Å². The standard InChI is InChI=1S/C15H16N2O3/c1-11(14-8-3-4-9-15(14)20-2)16-12-6-5-7-13(10-12)17(18)19/h3-11,16H,1-2H3. The molecule has 0 amide bonds. The van der Waals surface area contributed by atoms with Crippen molar-refractivity contribution in [2.75, 3.05) is 12.4 Å². The quantitative estimate of drug-likeness (QED) is 0.664. The highest BCUT2D eigenvalue weighted by atomic mass is 16.6. The maximum absolute atomic E-state index is 10.8. The van der Waals surface area contributed by atoms with E-state index < -0.39 is 4.92 Å². The van der Waals surface area contributed by atoms with Gasteiger partial charge in [-0.1, -0.05) is 24.3 Å². The van der Waals surface area contributed by atoms with E-state index in [1.165, 1.54) is 12.1 Å². The molecule has 0 saturated carbocycles. The lowest BCUT2D eigenvalue weighted by Gasteiger charge is -2.18. The molecule has 104 valence electrons. The number of ether oxygens (including phenoxy) is 1. The summed E-state index contributed by atoms with van der Waals surface area (Å²) in [6, 6.07) is 14.1. The van der Waals surface area contributed by atoms with Crippen LogP contribution < -0.4 is 10.1 Å². The molecule has 5 heteroatoms. The van der Waals surface area contributed by atoms with E-state index in [0.29, 0.717) is 5.69 Å². The van der Waals surface area contributed by atoms with Crippen molar-refractivity contribution in [3.8, 4) is 5.75 Å². The summed E-state index contributed by atoms with van der Waals surface area (Å²) in [4.78, 5) is 10.4. The topological polar surface area (TPSA) is 64.4 Å². The maximum Gasteiger partial charge on any atom is 0.271 e. The molecule has 0 fully saturated rings. The van der Waals surface area contributed by atoms with Crippen LogP contribution in [0.4, 0.5) is 11.4 Å². The number of anilines is 1. The minimum atomic E-state index is -0.404. The average Bonchev–Trinajstić information content (AvgIpc) is 2.47. The predicted molar refractivity (Wildman–Crippen MR) is 78.1 cm³/mol. The molecule has 2 aromatic rings. The number of nitrogens with one attached hydrogen (secondary N) is 1. The molecule has 2 rings (SSSR count). The Morgan fingerprint density at radius 1 is 1.20 bits per heavy atom. The van der Waals surface area contributed by atoms with Crippen molar-refractivity contribution in [1.82, 2.24) is 0 Å². The first-order valence-electron chi connectivity index (χ1n) is 6.25. The maximum atomic E-state index is 10.8. The van der Waals surface area contributed by atoms with Gasteiger partial charge in [0.1, 0.15) is 5.75 Å². The van der Waals surface area contributed by atoms with Crippen LogP contribution in [0.2, 0.25) is 0 Å². The zero-order chi connectivity index (χ0) is 14.5. The molecule has 0 spiro atoms. The van der Waals surface area contributed by atoms with E-state index in [2.05, 4.69) is 5.32 Å². The lowest BCUT2D eigenvalue weighted by molar-refractivity contribution is -0.384. The molecule has 1 N–H and O–H groups in total. The van der Waals surface area contributed by atoms with Crippen molar-refractivity contribution in [2.24, 2.45) is 0 Å². The van der Waals surface area contributed by atoms with E-state index in [4.69, 9.17) is 4.74 Å². The Labute approximate surface area is 117 Å². The fourth-order valence-corrected chi connectivity index (χ4v) is 2.06. The summed E-state index contributed by atoms with van der Waals surface area (Å²) < 4.78 is 5.32.